The summed E-state index contributed by atoms with van der Waals surface area (Å²) in [5.41, 5.74) is 0.607. The van der Waals surface area contributed by atoms with Gasteiger partial charge in [-0.3, -0.25) is 4.57 Å². The van der Waals surface area contributed by atoms with E-state index in [0.717, 1.165) is 24.2 Å². The second-order valence-corrected chi connectivity index (χ2v) is 10.4. The van der Waals surface area contributed by atoms with Crippen LogP contribution in [0.5, 0.6) is 0 Å². The van der Waals surface area contributed by atoms with Crippen molar-refractivity contribution in [3.63, 3.8) is 0 Å². The van der Waals surface area contributed by atoms with Crippen molar-refractivity contribution in [3.8, 4) is 0 Å². The van der Waals surface area contributed by atoms with Crippen LogP contribution in [-0.2, 0) is 4.57 Å². The molecule has 3 fully saturated rings. The van der Waals surface area contributed by atoms with Crippen molar-refractivity contribution < 1.29 is 14.4 Å². The fourth-order valence-electron chi connectivity index (χ4n) is 6.71. The van der Waals surface area contributed by atoms with Gasteiger partial charge in [0, 0.05) is 5.31 Å². The third kappa shape index (κ3) is 2.36. The van der Waals surface area contributed by atoms with Crippen LogP contribution >= 0.6 is 7.60 Å². The van der Waals surface area contributed by atoms with E-state index >= 15 is 0 Å². The summed E-state index contributed by atoms with van der Waals surface area (Å²) >= 11 is 0. The molecular formula is C18H29O3P. The first-order valence-corrected chi connectivity index (χ1v) is 10.7. The zero-order chi connectivity index (χ0) is 15.5. The molecule has 0 radical (unpaired) electrons. The molecule has 0 bridgehead atoms. The van der Waals surface area contributed by atoms with E-state index in [1.807, 2.05) is 6.08 Å². The third-order valence-electron chi connectivity index (χ3n) is 7.77. The van der Waals surface area contributed by atoms with Crippen molar-refractivity contribution in [1.29, 1.82) is 0 Å². The first kappa shape index (κ1) is 15.4. The van der Waals surface area contributed by atoms with Crippen molar-refractivity contribution in [2.45, 2.75) is 64.7 Å². The standard InChI is InChI=1S/C18H29O3P/c1-18-9-2-3-17(18)16-6-4-12-11-13(22(19,20)21)5-7-14(12)15(16)8-10-18/h5,12,14-17H,2-4,6-11H2,1H3,(H2,19,20,21)/t12-,14-,15+,16+,17-,18-/m0/s1. The van der Waals surface area contributed by atoms with Crippen molar-refractivity contribution >= 4 is 7.60 Å². The molecule has 4 rings (SSSR count). The second-order valence-electron chi connectivity index (χ2n) is 8.70. The van der Waals surface area contributed by atoms with Crippen LogP contribution in [0.1, 0.15) is 64.7 Å². The Balaban J connectivity index is 1.56. The highest BCUT2D eigenvalue weighted by Gasteiger charge is 2.53. The van der Waals surface area contributed by atoms with E-state index in [1.54, 1.807) is 0 Å². The highest BCUT2D eigenvalue weighted by molar-refractivity contribution is 7.56. The number of allylic oxidation sites excluding steroid dienone is 2. The van der Waals surface area contributed by atoms with Crippen LogP contribution in [0.4, 0.5) is 0 Å². The lowest BCUT2D eigenvalue weighted by Gasteiger charge is -2.54. The lowest BCUT2D eigenvalue weighted by Crippen LogP contribution is -2.46. The largest absolute Gasteiger partial charge is 0.351 e. The van der Waals surface area contributed by atoms with E-state index < -0.39 is 7.60 Å². The maximum Gasteiger partial charge on any atom is 0.351 e. The van der Waals surface area contributed by atoms with Gasteiger partial charge in [0.1, 0.15) is 0 Å². The molecule has 0 aromatic rings. The highest BCUT2D eigenvalue weighted by atomic mass is 31.2. The maximum atomic E-state index is 11.6. The Morgan fingerprint density at radius 3 is 2.68 bits per heavy atom. The molecule has 6 atom stereocenters. The van der Waals surface area contributed by atoms with Gasteiger partial charge in [0.05, 0.1) is 0 Å². The molecule has 22 heavy (non-hydrogen) atoms. The number of hydrogen-bond acceptors (Lipinski definition) is 1. The molecule has 3 saturated carbocycles. The summed E-state index contributed by atoms with van der Waals surface area (Å²) < 4.78 is 11.6. The quantitative estimate of drug-likeness (QED) is 0.687. The fraction of sp³-hybridized carbons (Fsp3) is 0.889. The molecule has 0 aromatic carbocycles. The monoisotopic (exact) mass is 324 g/mol. The highest BCUT2D eigenvalue weighted by Crippen LogP contribution is 2.63. The van der Waals surface area contributed by atoms with Gasteiger partial charge in [-0.25, -0.2) is 0 Å². The predicted molar refractivity (Wildman–Crippen MR) is 87.2 cm³/mol. The van der Waals surface area contributed by atoms with Gasteiger partial charge in [-0.2, -0.15) is 0 Å². The predicted octanol–water partition coefficient (Wildman–Crippen LogP) is 4.70. The van der Waals surface area contributed by atoms with Crippen LogP contribution in [0.15, 0.2) is 11.4 Å². The van der Waals surface area contributed by atoms with Gasteiger partial charge in [0.15, 0.2) is 0 Å². The normalized spacial score (nSPS) is 48.1. The van der Waals surface area contributed by atoms with E-state index in [0.29, 0.717) is 29.0 Å². The molecule has 4 aliphatic carbocycles. The summed E-state index contributed by atoms with van der Waals surface area (Å²) in [6, 6.07) is 0. The molecule has 3 nitrogen and oxygen atoms in total. The number of hydrogen-bond donors (Lipinski definition) is 2. The zero-order valence-corrected chi connectivity index (χ0v) is 14.5. The molecule has 4 aliphatic rings. The lowest BCUT2D eigenvalue weighted by molar-refractivity contribution is -0.0379. The van der Waals surface area contributed by atoms with Crippen LogP contribution in [0, 0.1) is 35.0 Å². The summed E-state index contributed by atoms with van der Waals surface area (Å²) in [7, 11) is -4.01. The maximum absolute atomic E-state index is 11.6. The van der Waals surface area contributed by atoms with Gasteiger partial charge < -0.3 is 9.79 Å². The summed E-state index contributed by atoms with van der Waals surface area (Å²) in [4.78, 5) is 18.9. The van der Waals surface area contributed by atoms with Gasteiger partial charge in [-0.1, -0.05) is 19.4 Å². The van der Waals surface area contributed by atoms with E-state index in [1.165, 1.54) is 44.9 Å². The van der Waals surface area contributed by atoms with E-state index in [2.05, 4.69) is 6.92 Å². The Morgan fingerprint density at radius 1 is 1.09 bits per heavy atom. The van der Waals surface area contributed by atoms with E-state index in [9.17, 15) is 14.4 Å². The molecule has 0 aliphatic heterocycles. The van der Waals surface area contributed by atoms with Crippen LogP contribution in [-0.4, -0.2) is 9.79 Å². The van der Waals surface area contributed by atoms with Gasteiger partial charge >= 0.3 is 7.60 Å². The van der Waals surface area contributed by atoms with Crippen LogP contribution in [0.25, 0.3) is 0 Å². The van der Waals surface area contributed by atoms with Crippen LogP contribution in [0.2, 0.25) is 0 Å². The minimum Gasteiger partial charge on any atom is -0.321 e. The molecule has 0 aromatic heterocycles. The molecule has 124 valence electrons. The average molecular weight is 324 g/mol. The number of fused-ring (bicyclic) bond motifs is 5. The minimum atomic E-state index is -4.01. The average Bonchev–Trinajstić information content (AvgIpc) is 2.87. The lowest BCUT2D eigenvalue weighted by atomic mass is 9.51. The molecular weight excluding hydrogens is 295 g/mol. The SMILES string of the molecule is C[C@@]12CCC[C@H]1[C@@H]1CC[C@H]3CC(P(=O)(O)O)=CC[C@@H]3[C@H]1CC2. The Kier molecular flexibility index (Phi) is 3.64. The minimum absolute atomic E-state index is 0.425. The summed E-state index contributed by atoms with van der Waals surface area (Å²) in [5.74, 6) is 3.87. The summed E-state index contributed by atoms with van der Waals surface area (Å²) in [6.45, 7) is 2.53. The van der Waals surface area contributed by atoms with E-state index in [4.69, 9.17) is 0 Å². The van der Waals surface area contributed by atoms with Crippen molar-refractivity contribution in [2.24, 2.45) is 35.0 Å². The van der Waals surface area contributed by atoms with E-state index in [-0.39, 0.29) is 0 Å². The molecule has 2 N–H and O–H groups in total. The van der Waals surface area contributed by atoms with Crippen molar-refractivity contribution in [3.05, 3.63) is 11.4 Å². The molecule has 0 amide bonds. The Hall–Kier alpha value is -0.110. The topological polar surface area (TPSA) is 57.5 Å². The molecule has 0 saturated heterocycles. The number of rotatable bonds is 1. The molecule has 0 spiro atoms. The zero-order valence-electron chi connectivity index (χ0n) is 13.6. The Bertz CT molecular complexity index is 536. The van der Waals surface area contributed by atoms with Crippen LogP contribution in [0.3, 0.4) is 0 Å². The smallest absolute Gasteiger partial charge is 0.321 e. The summed E-state index contributed by atoms with van der Waals surface area (Å²) in [5, 5.41) is 0.425. The van der Waals surface area contributed by atoms with Crippen LogP contribution < -0.4 is 0 Å². The molecule has 4 heteroatoms. The van der Waals surface area contributed by atoms with Gasteiger partial charge in [-0.05, 0) is 86.4 Å². The fourth-order valence-corrected chi connectivity index (χ4v) is 7.53. The van der Waals surface area contributed by atoms with Gasteiger partial charge in [-0.15, -0.1) is 0 Å². The first-order valence-electron chi connectivity index (χ1n) is 9.14. The summed E-state index contributed by atoms with van der Waals surface area (Å²) in [6.07, 6.45) is 13.0. The third-order valence-corrected chi connectivity index (χ3v) is 8.88. The van der Waals surface area contributed by atoms with Gasteiger partial charge in [0.2, 0.25) is 0 Å². The first-order chi connectivity index (χ1) is 10.4. The molecule has 0 unspecified atom stereocenters. The Labute approximate surface area is 133 Å². The van der Waals surface area contributed by atoms with Crippen molar-refractivity contribution in [1.82, 2.24) is 0 Å². The Morgan fingerprint density at radius 2 is 1.91 bits per heavy atom. The molecule has 0 heterocycles. The van der Waals surface area contributed by atoms with Gasteiger partial charge in [0.25, 0.3) is 0 Å². The van der Waals surface area contributed by atoms with Crippen molar-refractivity contribution in [2.75, 3.05) is 0 Å². The second kappa shape index (κ2) is 5.19.